The number of carbonyl (C=O) groups is 1. The van der Waals surface area contributed by atoms with Crippen molar-refractivity contribution in [1.82, 2.24) is 5.32 Å². The van der Waals surface area contributed by atoms with Gasteiger partial charge in [-0.2, -0.15) is 0 Å². The molecule has 1 amide bonds. The molecule has 1 aliphatic rings. The molecule has 16 heavy (non-hydrogen) atoms. The van der Waals surface area contributed by atoms with E-state index in [2.05, 4.69) is 12.2 Å². The number of primary amides is 1. The molecule has 1 saturated carbocycles. The fraction of sp³-hybridized carbons (Fsp3) is 0.923. The molecule has 3 atom stereocenters. The van der Waals surface area contributed by atoms with Gasteiger partial charge >= 0.3 is 0 Å². The zero-order valence-corrected chi connectivity index (χ0v) is 10.7. The standard InChI is InChI=1S/C13H26N2O/c1-10-4-3-5-12(8-10)6-7-15-9-11(2)13(14)16/h10-12,15H,3-9H2,1-2H3,(H2,14,16). The first-order valence-electron chi connectivity index (χ1n) is 6.59. The maximum absolute atomic E-state index is 10.8. The van der Waals surface area contributed by atoms with Crippen LogP contribution in [0.2, 0.25) is 0 Å². The second kappa shape index (κ2) is 6.89. The van der Waals surface area contributed by atoms with Gasteiger partial charge in [0, 0.05) is 12.5 Å². The average Bonchev–Trinajstić information content (AvgIpc) is 2.24. The minimum absolute atomic E-state index is 0.0507. The van der Waals surface area contributed by atoms with Gasteiger partial charge in [0.15, 0.2) is 0 Å². The molecule has 0 aromatic carbocycles. The summed E-state index contributed by atoms with van der Waals surface area (Å²) in [5, 5.41) is 3.33. The van der Waals surface area contributed by atoms with Crippen LogP contribution in [0.4, 0.5) is 0 Å². The summed E-state index contributed by atoms with van der Waals surface area (Å²) in [6.07, 6.45) is 6.81. The third-order valence-corrected chi connectivity index (χ3v) is 3.71. The zero-order valence-electron chi connectivity index (χ0n) is 10.7. The molecule has 0 saturated heterocycles. The molecule has 0 spiro atoms. The highest BCUT2D eigenvalue weighted by atomic mass is 16.1. The van der Waals surface area contributed by atoms with Crippen molar-refractivity contribution >= 4 is 5.91 Å². The Hall–Kier alpha value is -0.570. The SMILES string of the molecule is CC1CCCC(CCNCC(C)C(N)=O)C1. The van der Waals surface area contributed by atoms with Crippen LogP contribution in [0.25, 0.3) is 0 Å². The smallest absolute Gasteiger partial charge is 0.221 e. The predicted octanol–water partition coefficient (Wildman–Crippen LogP) is 1.91. The molecule has 0 radical (unpaired) electrons. The molecule has 3 nitrogen and oxygen atoms in total. The molecule has 1 aliphatic carbocycles. The number of nitrogens with two attached hydrogens (primary N) is 1. The van der Waals surface area contributed by atoms with Crippen LogP contribution in [-0.2, 0) is 4.79 Å². The first kappa shape index (κ1) is 13.5. The van der Waals surface area contributed by atoms with Gasteiger partial charge in [0.05, 0.1) is 0 Å². The van der Waals surface area contributed by atoms with Gasteiger partial charge in [-0.3, -0.25) is 4.79 Å². The van der Waals surface area contributed by atoms with Crippen LogP contribution in [0.3, 0.4) is 0 Å². The lowest BCUT2D eigenvalue weighted by Crippen LogP contribution is -2.32. The topological polar surface area (TPSA) is 55.1 Å². The van der Waals surface area contributed by atoms with Crippen LogP contribution in [-0.4, -0.2) is 19.0 Å². The van der Waals surface area contributed by atoms with Crippen LogP contribution in [0.5, 0.6) is 0 Å². The molecule has 0 bridgehead atoms. The van der Waals surface area contributed by atoms with Gasteiger partial charge in [0.1, 0.15) is 0 Å². The second-order valence-electron chi connectivity index (χ2n) is 5.43. The third kappa shape index (κ3) is 4.97. The van der Waals surface area contributed by atoms with Crippen molar-refractivity contribution < 1.29 is 4.79 Å². The summed E-state index contributed by atoms with van der Waals surface area (Å²) < 4.78 is 0. The fourth-order valence-corrected chi connectivity index (χ4v) is 2.55. The van der Waals surface area contributed by atoms with Gasteiger partial charge < -0.3 is 11.1 Å². The van der Waals surface area contributed by atoms with Crippen molar-refractivity contribution in [1.29, 1.82) is 0 Å². The summed E-state index contributed by atoms with van der Waals surface area (Å²) in [6.45, 7) is 5.97. The van der Waals surface area contributed by atoms with E-state index in [9.17, 15) is 4.79 Å². The number of amides is 1. The van der Waals surface area contributed by atoms with E-state index < -0.39 is 0 Å². The normalized spacial score (nSPS) is 27.6. The Bertz CT molecular complexity index is 218. The highest BCUT2D eigenvalue weighted by Crippen LogP contribution is 2.30. The van der Waals surface area contributed by atoms with E-state index >= 15 is 0 Å². The summed E-state index contributed by atoms with van der Waals surface area (Å²) >= 11 is 0. The Kier molecular flexibility index (Phi) is 5.81. The van der Waals surface area contributed by atoms with Gasteiger partial charge in [0.25, 0.3) is 0 Å². The first-order valence-corrected chi connectivity index (χ1v) is 6.59. The van der Waals surface area contributed by atoms with Crippen molar-refractivity contribution in [2.75, 3.05) is 13.1 Å². The van der Waals surface area contributed by atoms with E-state index in [1.54, 1.807) is 0 Å². The minimum Gasteiger partial charge on any atom is -0.369 e. The molecule has 94 valence electrons. The first-order chi connectivity index (χ1) is 7.59. The lowest BCUT2D eigenvalue weighted by atomic mass is 9.81. The summed E-state index contributed by atoms with van der Waals surface area (Å²) in [5.74, 6) is 1.53. The molecule has 0 aromatic rings. The van der Waals surface area contributed by atoms with Crippen LogP contribution >= 0.6 is 0 Å². The van der Waals surface area contributed by atoms with Crippen molar-refractivity contribution in [3.05, 3.63) is 0 Å². The predicted molar refractivity (Wildman–Crippen MR) is 67.0 cm³/mol. The highest BCUT2D eigenvalue weighted by molar-refractivity contribution is 5.76. The zero-order chi connectivity index (χ0) is 12.0. The molecular weight excluding hydrogens is 200 g/mol. The lowest BCUT2D eigenvalue weighted by molar-refractivity contribution is -0.121. The monoisotopic (exact) mass is 226 g/mol. The van der Waals surface area contributed by atoms with Crippen LogP contribution in [0, 0.1) is 17.8 Å². The van der Waals surface area contributed by atoms with E-state index in [0.29, 0.717) is 0 Å². The number of hydrogen-bond acceptors (Lipinski definition) is 2. The van der Waals surface area contributed by atoms with Crippen molar-refractivity contribution in [3.8, 4) is 0 Å². The third-order valence-electron chi connectivity index (χ3n) is 3.71. The van der Waals surface area contributed by atoms with Gasteiger partial charge in [-0.15, -0.1) is 0 Å². The van der Waals surface area contributed by atoms with E-state index in [0.717, 1.165) is 24.9 Å². The summed E-state index contributed by atoms with van der Waals surface area (Å²) in [7, 11) is 0. The molecule has 1 rings (SSSR count). The average molecular weight is 226 g/mol. The summed E-state index contributed by atoms with van der Waals surface area (Å²) in [5.41, 5.74) is 5.20. The summed E-state index contributed by atoms with van der Waals surface area (Å²) in [6, 6.07) is 0. The molecule has 0 aliphatic heterocycles. The Morgan fingerprint density at radius 3 is 2.88 bits per heavy atom. The highest BCUT2D eigenvalue weighted by Gasteiger charge is 2.18. The molecule has 3 unspecified atom stereocenters. The maximum atomic E-state index is 10.8. The molecule has 0 heterocycles. The number of carbonyl (C=O) groups excluding carboxylic acids is 1. The van der Waals surface area contributed by atoms with Crippen molar-refractivity contribution in [2.24, 2.45) is 23.5 Å². The number of nitrogens with one attached hydrogen (secondary N) is 1. The van der Waals surface area contributed by atoms with Crippen LogP contribution in [0.1, 0.15) is 46.0 Å². The maximum Gasteiger partial charge on any atom is 0.221 e. The van der Waals surface area contributed by atoms with Gasteiger partial charge in [-0.1, -0.05) is 33.1 Å². The van der Waals surface area contributed by atoms with E-state index in [-0.39, 0.29) is 11.8 Å². The van der Waals surface area contributed by atoms with Gasteiger partial charge in [-0.05, 0) is 31.2 Å². The lowest BCUT2D eigenvalue weighted by Gasteiger charge is -2.26. The largest absolute Gasteiger partial charge is 0.369 e. The van der Waals surface area contributed by atoms with Crippen molar-refractivity contribution in [2.45, 2.75) is 46.0 Å². The Morgan fingerprint density at radius 2 is 2.25 bits per heavy atom. The van der Waals surface area contributed by atoms with E-state index in [1.165, 1.54) is 32.1 Å². The Labute approximate surface area is 99.2 Å². The van der Waals surface area contributed by atoms with E-state index in [1.807, 2.05) is 6.92 Å². The molecule has 3 heteroatoms. The number of rotatable bonds is 6. The van der Waals surface area contributed by atoms with Gasteiger partial charge in [-0.25, -0.2) is 0 Å². The Balaban J connectivity index is 2.04. The fourth-order valence-electron chi connectivity index (χ4n) is 2.55. The number of hydrogen-bond donors (Lipinski definition) is 2. The molecular formula is C13H26N2O. The molecule has 1 fully saturated rings. The quantitative estimate of drug-likeness (QED) is 0.680. The summed E-state index contributed by atoms with van der Waals surface area (Å²) in [4.78, 5) is 10.8. The Morgan fingerprint density at radius 1 is 1.50 bits per heavy atom. The minimum atomic E-state index is -0.209. The second-order valence-corrected chi connectivity index (χ2v) is 5.43. The van der Waals surface area contributed by atoms with Gasteiger partial charge in [0.2, 0.25) is 5.91 Å². The molecule has 0 aromatic heterocycles. The molecule has 3 N–H and O–H groups in total. The van der Waals surface area contributed by atoms with E-state index in [4.69, 9.17) is 5.73 Å². The van der Waals surface area contributed by atoms with Crippen molar-refractivity contribution in [3.63, 3.8) is 0 Å². The van der Waals surface area contributed by atoms with Crippen LogP contribution < -0.4 is 11.1 Å². The van der Waals surface area contributed by atoms with Crippen LogP contribution in [0.15, 0.2) is 0 Å².